The lowest BCUT2D eigenvalue weighted by Crippen LogP contribution is -2.49. The Morgan fingerprint density at radius 2 is 1.85 bits per heavy atom. The molecule has 0 radical (unpaired) electrons. The van der Waals surface area contributed by atoms with E-state index in [-0.39, 0.29) is 5.91 Å². The molecule has 0 unspecified atom stereocenters. The quantitative estimate of drug-likeness (QED) is 0.659. The maximum atomic E-state index is 13.5. The number of benzene rings is 1. The third kappa shape index (κ3) is 5.68. The van der Waals surface area contributed by atoms with Crippen LogP contribution in [-0.2, 0) is 14.4 Å². The van der Waals surface area contributed by atoms with E-state index in [4.69, 9.17) is 0 Å². The van der Waals surface area contributed by atoms with Gasteiger partial charge in [-0.05, 0) is 36.6 Å². The molecular formula is C23H25F3N4O3. The SMILES string of the molecule is CCCN1C(=O)[C@H](NC(=O)[C@@H](C)NC(=O)CCC(F)(F)F)c2ccccc2-c2cccnc21. The molecule has 0 spiro atoms. The van der Waals surface area contributed by atoms with Crippen molar-refractivity contribution in [3.8, 4) is 11.1 Å². The molecule has 3 amide bonds. The van der Waals surface area contributed by atoms with Crippen LogP contribution in [-0.4, -0.2) is 41.5 Å². The van der Waals surface area contributed by atoms with Crippen molar-refractivity contribution in [1.29, 1.82) is 0 Å². The molecule has 0 fully saturated rings. The highest BCUT2D eigenvalue weighted by Crippen LogP contribution is 2.38. The minimum absolute atomic E-state index is 0.382. The molecule has 2 N–H and O–H groups in total. The molecule has 1 aromatic heterocycles. The van der Waals surface area contributed by atoms with Gasteiger partial charge in [-0.2, -0.15) is 13.2 Å². The van der Waals surface area contributed by atoms with Crippen molar-refractivity contribution in [2.45, 2.75) is 51.4 Å². The Labute approximate surface area is 189 Å². The Morgan fingerprint density at radius 1 is 1.15 bits per heavy atom. The Morgan fingerprint density at radius 3 is 2.55 bits per heavy atom. The van der Waals surface area contributed by atoms with E-state index in [9.17, 15) is 27.6 Å². The number of hydrogen-bond acceptors (Lipinski definition) is 4. The van der Waals surface area contributed by atoms with E-state index in [1.165, 1.54) is 11.8 Å². The second kappa shape index (κ2) is 10.0. The summed E-state index contributed by atoms with van der Waals surface area (Å²) < 4.78 is 37.0. The third-order valence-corrected chi connectivity index (χ3v) is 5.26. The van der Waals surface area contributed by atoms with Crippen LogP contribution in [0.1, 0.15) is 44.7 Å². The van der Waals surface area contributed by atoms with Crippen LogP contribution >= 0.6 is 0 Å². The van der Waals surface area contributed by atoms with Crippen molar-refractivity contribution in [3.63, 3.8) is 0 Å². The van der Waals surface area contributed by atoms with Crippen LogP contribution in [0.4, 0.5) is 19.0 Å². The van der Waals surface area contributed by atoms with Crippen molar-refractivity contribution >= 4 is 23.5 Å². The number of carbonyl (C=O) groups is 3. The molecule has 1 aliphatic rings. The highest BCUT2D eigenvalue weighted by atomic mass is 19.4. The van der Waals surface area contributed by atoms with E-state index in [0.29, 0.717) is 24.3 Å². The van der Waals surface area contributed by atoms with E-state index in [1.807, 2.05) is 25.1 Å². The third-order valence-electron chi connectivity index (χ3n) is 5.26. The summed E-state index contributed by atoms with van der Waals surface area (Å²) in [4.78, 5) is 44.1. The van der Waals surface area contributed by atoms with Crippen LogP contribution in [0.5, 0.6) is 0 Å². The first-order chi connectivity index (χ1) is 15.6. The molecule has 0 aliphatic carbocycles. The Kier molecular flexibility index (Phi) is 7.35. The Hall–Kier alpha value is -3.43. The molecule has 2 aromatic rings. The van der Waals surface area contributed by atoms with Gasteiger partial charge in [0.05, 0.1) is 6.42 Å². The maximum Gasteiger partial charge on any atom is 0.389 e. The molecule has 10 heteroatoms. The maximum absolute atomic E-state index is 13.5. The molecule has 7 nitrogen and oxygen atoms in total. The van der Waals surface area contributed by atoms with Gasteiger partial charge < -0.3 is 10.6 Å². The molecule has 1 aromatic carbocycles. The van der Waals surface area contributed by atoms with Crippen LogP contribution in [0.2, 0.25) is 0 Å². The number of nitrogens with one attached hydrogen (secondary N) is 2. The first-order valence-corrected chi connectivity index (χ1v) is 10.6. The van der Waals surface area contributed by atoms with Gasteiger partial charge in [-0.25, -0.2) is 4.98 Å². The zero-order chi connectivity index (χ0) is 24.2. The molecule has 2 heterocycles. The summed E-state index contributed by atoms with van der Waals surface area (Å²) in [6.07, 6.45) is -4.28. The number of anilines is 1. The van der Waals surface area contributed by atoms with Gasteiger partial charge in [0.1, 0.15) is 17.9 Å². The van der Waals surface area contributed by atoms with Crippen LogP contribution in [0.25, 0.3) is 11.1 Å². The number of alkyl halides is 3. The van der Waals surface area contributed by atoms with Gasteiger partial charge >= 0.3 is 6.18 Å². The van der Waals surface area contributed by atoms with Crippen molar-refractivity contribution in [2.24, 2.45) is 0 Å². The summed E-state index contributed by atoms with van der Waals surface area (Å²) in [6, 6.07) is 8.57. The number of amides is 3. The van der Waals surface area contributed by atoms with Gasteiger partial charge in [0.2, 0.25) is 11.8 Å². The lowest BCUT2D eigenvalue weighted by molar-refractivity contribution is -0.144. The molecule has 3 rings (SSSR count). The molecule has 0 saturated heterocycles. The first kappa shape index (κ1) is 24.2. The number of fused-ring (bicyclic) bond motifs is 3. The molecule has 176 valence electrons. The van der Waals surface area contributed by atoms with Gasteiger partial charge in [-0.1, -0.05) is 31.2 Å². The monoisotopic (exact) mass is 462 g/mol. The normalized spacial score (nSPS) is 16.3. The van der Waals surface area contributed by atoms with E-state index >= 15 is 0 Å². The van der Waals surface area contributed by atoms with Gasteiger partial charge in [-0.15, -0.1) is 0 Å². The second-order valence-corrected chi connectivity index (χ2v) is 7.80. The lowest BCUT2D eigenvalue weighted by atomic mass is 9.96. The fourth-order valence-electron chi connectivity index (χ4n) is 3.69. The molecular weight excluding hydrogens is 437 g/mol. The zero-order valence-electron chi connectivity index (χ0n) is 18.3. The Balaban J connectivity index is 1.85. The van der Waals surface area contributed by atoms with E-state index < -0.39 is 42.9 Å². The fourth-order valence-corrected chi connectivity index (χ4v) is 3.69. The molecule has 1 aliphatic heterocycles. The summed E-state index contributed by atoms with van der Waals surface area (Å²) in [5, 5.41) is 4.93. The number of pyridine rings is 1. The van der Waals surface area contributed by atoms with Crippen molar-refractivity contribution in [1.82, 2.24) is 15.6 Å². The standard InChI is InChI=1S/C23H25F3N4O3/c1-3-13-30-20-17(9-6-12-27-20)15-7-4-5-8-16(15)19(22(30)33)29-21(32)14(2)28-18(31)10-11-23(24,25)26/h4-9,12,14,19H,3,10-11,13H2,1-2H3,(H,28,31)(H,29,32)/t14-,19-/m1/s1. The van der Waals surface area contributed by atoms with Crippen LogP contribution in [0, 0.1) is 0 Å². The molecule has 0 bridgehead atoms. The number of halogens is 3. The minimum atomic E-state index is -4.47. The molecule has 33 heavy (non-hydrogen) atoms. The fraction of sp³-hybridized carbons (Fsp3) is 0.391. The van der Waals surface area contributed by atoms with Gasteiger partial charge in [0.25, 0.3) is 5.91 Å². The largest absolute Gasteiger partial charge is 0.389 e. The zero-order valence-corrected chi connectivity index (χ0v) is 18.3. The smallest absolute Gasteiger partial charge is 0.345 e. The molecule has 0 saturated carbocycles. The van der Waals surface area contributed by atoms with E-state index in [1.54, 1.807) is 24.4 Å². The van der Waals surface area contributed by atoms with Crippen LogP contribution in [0.3, 0.4) is 0 Å². The highest BCUT2D eigenvalue weighted by Gasteiger charge is 2.36. The summed E-state index contributed by atoms with van der Waals surface area (Å²) in [6.45, 7) is 3.65. The molecule has 2 atom stereocenters. The summed E-state index contributed by atoms with van der Waals surface area (Å²) in [7, 11) is 0. The van der Waals surface area contributed by atoms with Crippen LogP contribution < -0.4 is 15.5 Å². The predicted octanol–water partition coefficient (Wildman–Crippen LogP) is 3.51. The average Bonchev–Trinajstić information content (AvgIpc) is 2.87. The Bertz CT molecular complexity index is 1040. The predicted molar refractivity (Wildman–Crippen MR) is 116 cm³/mol. The van der Waals surface area contributed by atoms with Gasteiger partial charge in [-0.3, -0.25) is 19.3 Å². The van der Waals surface area contributed by atoms with Crippen LogP contribution in [0.15, 0.2) is 42.6 Å². The van der Waals surface area contributed by atoms with Crippen molar-refractivity contribution in [2.75, 3.05) is 11.4 Å². The minimum Gasteiger partial charge on any atom is -0.345 e. The number of nitrogens with zero attached hydrogens (tertiary/aromatic N) is 2. The number of carbonyl (C=O) groups excluding carboxylic acids is 3. The number of rotatable bonds is 7. The average molecular weight is 462 g/mol. The number of hydrogen-bond donors (Lipinski definition) is 2. The van der Waals surface area contributed by atoms with E-state index in [2.05, 4.69) is 15.6 Å². The first-order valence-electron chi connectivity index (χ1n) is 10.6. The summed E-state index contributed by atoms with van der Waals surface area (Å²) in [5.74, 6) is -1.47. The van der Waals surface area contributed by atoms with Gasteiger partial charge in [0.15, 0.2) is 0 Å². The lowest BCUT2D eigenvalue weighted by Gasteiger charge is -2.26. The van der Waals surface area contributed by atoms with Crippen molar-refractivity contribution < 1.29 is 27.6 Å². The second-order valence-electron chi connectivity index (χ2n) is 7.80. The van der Waals surface area contributed by atoms with Gasteiger partial charge in [0, 0.05) is 24.7 Å². The highest BCUT2D eigenvalue weighted by molar-refractivity contribution is 6.05. The van der Waals surface area contributed by atoms with E-state index in [0.717, 1.165) is 11.1 Å². The summed E-state index contributed by atoms with van der Waals surface area (Å²) in [5.41, 5.74) is 2.05. The number of aromatic nitrogens is 1. The topological polar surface area (TPSA) is 91.4 Å². The summed E-state index contributed by atoms with van der Waals surface area (Å²) >= 11 is 0. The van der Waals surface area contributed by atoms with Crippen molar-refractivity contribution in [3.05, 3.63) is 48.2 Å².